The fourth-order valence-electron chi connectivity index (χ4n) is 3.55. The number of hydrogen-bond donors (Lipinski definition) is 2. The predicted octanol–water partition coefficient (Wildman–Crippen LogP) is 0.400. The maximum Gasteiger partial charge on any atom is 0.280 e. The summed E-state index contributed by atoms with van der Waals surface area (Å²) >= 11 is 0. The lowest BCUT2D eigenvalue weighted by atomic mass is 9.89. The lowest BCUT2D eigenvalue weighted by Gasteiger charge is -2.37. The maximum absolute atomic E-state index is 13.3. The molecule has 1 saturated heterocycles. The minimum absolute atomic E-state index is 0.0215. The fourth-order valence-corrected chi connectivity index (χ4v) is 3.55. The van der Waals surface area contributed by atoms with Gasteiger partial charge in [0.1, 0.15) is 17.6 Å². The summed E-state index contributed by atoms with van der Waals surface area (Å²) in [7, 11) is 1.37. The molecule has 1 amide bonds. The number of nitrogens with two attached hydrogens (primary N) is 2. The van der Waals surface area contributed by atoms with E-state index in [0.717, 1.165) is 0 Å². The van der Waals surface area contributed by atoms with Gasteiger partial charge in [0.05, 0.1) is 12.8 Å². The van der Waals surface area contributed by atoms with Gasteiger partial charge in [-0.2, -0.15) is 15.1 Å². The average molecular weight is 419 g/mol. The highest BCUT2D eigenvalue weighted by Crippen LogP contribution is 2.30. The summed E-state index contributed by atoms with van der Waals surface area (Å²) in [4.78, 5) is 30.2. The Morgan fingerprint density at radius 1 is 1.33 bits per heavy atom. The summed E-state index contributed by atoms with van der Waals surface area (Å²) in [5, 5.41) is 4.08. The van der Waals surface area contributed by atoms with Crippen LogP contribution in [0.2, 0.25) is 0 Å². The Labute approximate surface area is 169 Å². The molecule has 1 unspecified atom stereocenters. The number of alkyl halides is 2. The van der Waals surface area contributed by atoms with Crippen LogP contribution in [0.25, 0.3) is 5.78 Å². The van der Waals surface area contributed by atoms with Gasteiger partial charge in [-0.3, -0.25) is 4.79 Å². The molecule has 158 valence electrons. The van der Waals surface area contributed by atoms with Gasteiger partial charge in [-0.1, -0.05) is 0 Å². The molecule has 0 aliphatic carbocycles. The van der Waals surface area contributed by atoms with Crippen molar-refractivity contribution in [2.24, 2.45) is 5.73 Å². The lowest BCUT2D eigenvalue weighted by Crippen LogP contribution is -2.48. The first kappa shape index (κ1) is 19.8. The Hall–Kier alpha value is -3.48. The molecule has 3 aromatic heterocycles. The van der Waals surface area contributed by atoms with Crippen LogP contribution in [-0.2, 0) is 0 Å². The number of amides is 1. The Kier molecular flexibility index (Phi) is 5.11. The third kappa shape index (κ3) is 3.47. The van der Waals surface area contributed by atoms with Crippen LogP contribution in [0.4, 0.5) is 14.7 Å². The summed E-state index contributed by atoms with van der Waals surface area (Å²) in [6.45, 7) is 0.548. The molecule has 0 saturated carbocycles. The average Bonchev–Trinajstić information content (AvgIpc) is 3.21. The second-order valence-electron chi connectivity index (χ2n) is 6.84. The van der Waals surface area contributed by atoms with E-state index in [2.05, 4.69) is 25.0 Å². The minimum Gasteiger partial charge on any atom is -0.480 e. The first-order valence-electron chi connectivity index (χ1n) is 9.09. The number of nitrogen functional groups attached to an aromatic ring is 1. The largest absolute Gasteiger partial charge is 0.480 e. The Balaban J connectivity index is 1.69. The van der Waals surface area contributed by atoms with Crippen LogP contribution >= 0.6 is 0 Å². The zero-order chi connectivity index (χ0) is 21.4. The number of carbonyl (C=O) groups excluding carboxylic acids is 1. The molecular weight excluding hydrogens is 400 g/mol. The van der Waals surface area contributed by atoms with E-state index < -0.39 is 18.0 Å². The van der Waals surface area contributed by atoms with Gasteiger partial charge in [-0.25, -0.2) is 23.3 Å². The first-order valence-corrected chi connectivity index (χ1v) is 9.09. The van der Waals surface area contributed by atoms with E-state index in [0.29, 0.717) is 18.7 Å². The number of hydrogen-bond acceptors (Lipinski definition) is 9. The van der Waals surface area contributed by atoms with Crippen LogP contribution in [0.1, 0.15) is 40.5 Å². The zero-order valence-corrected chi connectivity index (χ0v) is 15.9. The molecular formula is C17H19F2N9O2. The van der Waals surface area contributed by atoms with Gasteiger partial charge in [0.25, 0.3) is 18.1 Å². The highest BCUT2D eigenvalue weighted by molar-refractivity contribution is 5.96. The van der Waals surface area contributed by atoms with Gasteiger partial charge < -0.3 is 21.1 Å². The smallest absolute Gasteiger partial charge is 0.280 e. The van der Waals surface area contributed by atoms with Crippen LogP contribution in [0.3, 0.4) is 0 Å². The number of rotatable bonds is 4. The second kappa shape index (κ2) is 7.74. The van der Waals surface area contributed by atoms with Gasteiger partial charge in [-0.15, -0.1) is 0 Å². The van der Waals surface area contributed by atoms with Crippen LogP contribution in [0.5, 0.6) is 5.88 Å². The standard InChI is InChI=1S/C17H19F2N9O2/c1-30-14-8(5-22-16(21)26-14)15(29)27-3-2-10(20)9(6-27)12-4-11(13(18)19)25-17-23-7-24-28(12)17/h4-5,7,9-10,13H,2-3,6,20H2,1H3,(H2,21,22,26)/t9-,10?/m1/s1. The number of fused-ring (bicyclic) bond motifs is 1. The molecule has 0 aromatic carbocycles. The third-order valence-corrected chi connectivity index (χ3v) is 5.05. The Morgan fingerprint density at radius 3 is 2.87 bits per heavy atom. The highest BCUT2D eigenvalue weighted by atomic mass is 19.3. The van der Waals surface area contributed by atoms with E-state index in [9.17, 15) is 13.6 Å². The molecule has 1 aliphatic rings. The highest BCUT2D eigenvalue weighted by Gasteiger charge is 2.34. The first-order chi connectivity index (χ1) is 14.4. The van der Waals surface area contributed by atoms with Crippen molar-refractivity contribution in [2.75, 3.05) is 25.9 Å². The van der Waals surface area contributed by atoms with E-state index in [1.54, 1.807) is 4.90 Å². The van der Waals surface area contributed by atoms with E-state index in [-0.39, 0.29) is 41.7 Å². The molecule has 4 rings (SSSR count). The molecule has 30 heavy (non-hydrogen) atoms. The SMILES string of the molecule is COc1nc(N)ncc1C(=O)N1CCC(N)[C@H](c2cc(C(F)F)nc3ncnn23)C1. The van der Waals surface area contributed by atoms with Crippen molar-refractivity contribution >= 4 is 17.6 Å². The number of anilines is 1. The monoisotopic (exact) mass is 419 g/mol. The number of aromatic nitrogens is 6. The summed E-state index contributed by atoms with van der Waals surface area (Å²) in [6.07, 6.45) is 0.204. The number of methoxy groups -OCH3 is 1. The van der Waals surface area contributed by atoms with Crippen molar-refractivity contribution in [3.63, 3.8) is 0 Å². The summed E-state index contributed by atoms with van der Waals surface area (Å²) in [5.41, 5.74) is 12.0. The summed E-state index contributed by atoms with van der Waals surface area (Å²) in [6, 6.07) is 0.886. The van der Waals surface area contributed by atoms with Crippen LogP contribution in [-0.4, -0.2) is 66.6 Å². The molecule has 2 atom stereocenters. The molecule has 1 fully saturated rings. The number of piperidine rings is 1. The lowest BCUT2D eigenvalue weighted by molar-refractivity contribution is 0.0686. The van der Waals surface area contributed by atoms with Crippen molar-refractivity contribution in [1.82, 2.24) is 34.4 Å². The van der Waals surface area contributed by atoms with Gasteiger partial charge in [0.15, 0.2) is 0 Å². The van der Waals surface area contributed by atoms with Crippen molar-refractivity contribution in [1.29, 1.82) is 0 Å². The van der Waals surface area contributed by atoms with Gasteiger partial charge >= 0.3 is 0 Å². The van der Waals surface area contributed by atoms with Crippen molar-refractivity contribution in [3.05, 3.63) is 35.5 Å². The van der Waals surface area contributed by atoms with Crippen LogP contribution in [0, 0.1) is 0 Å². The molecule has 3 aromatic rings. The van der Waals surface area contributed by atoms with Crippen molar-refractivity contribution < 1.29 is 18.3 Å². The number of nitrogens with zero attached hydrogens (tertiary/aromatic N) is 7. The minimum atomic E-state index is -2.78. The molecule has 4 N–H and O–H groups in total. The van der Waals surface area contributed by atoms with E-state index in [4.69, 9.17) is 16.2 Å². The van der Waals surface area contributed by atoms with Gasteiger partial charge in [0.2, 0.25) is 11.8 Å². The fraction of sp³-hybridized carbons (Fsp3) is 0.412. The molecule has 1 aliphatic heterocycles. The Morgan fingerprint density at radius 2 is 2.13 bits per heavy atom. The summed E-state index contributed by atoms with van der Waals surface area (Å²) in [5.74, 6) is -0.754. The number of carbonyl (C=O) groups is 1. The molecule has 4 heterocycles. The normalized spacial score (nSPS) is 19.4. The van der Waals surface area contributed by atoms with Crippen LogP contribution in [0.15, 0.2) is 18.6 Å². The molecule has 0 spiro atoms. The third-order valence-electron chi connectivity index (χ3n) is 5.05. The molecule has 0 bridgehead atoms. The van der Waals surface area contributed by atoms with E-state index >= 15 is 0 Å². The van der Waals surface area contributed by atoms with E-state index in [1.165, 1.54) is 30.2 Å². The summed E-state index contributed by atoms with van der Waals surface area (Å²) < 4.78 is 33.2. The van der Waals surface area contributed by atoms with Gasteiger partial charge in [0, 0.05) is 31.2 Å². The Bertz CT molecular complexity index is 1090. The van der Waals surface area contributed by atoms with Crippen molar-refractivity contribution in [2.45, 2.75) is 24.8 Å². The topological polar surface area (TPSA) is 150 Å². The number of ether oxygens (including phenoxy) is 1. The number of likely N-dealkylation sites (tertiary alicyclic amines) is 1. The van der Waals surface area contributed by atoms with Crippen LogP contribution < -0.4 is 16.2 Å². The molecule has 13 heteroatoms. The van der Waals surface area contributed by atoms with E-state index in [1.807, 2.05) is 0 Å². The zero-order valence-electron chi connectivity index (χ0n) is 15.9. The molecule has 0 radical (unpaired) electrons. The predicted molar refractivity (Wildman–Crippen MR) is 100.0 cm³/mol. The molecule has 11 nitrogen and oxygen atoms in total. The second-order valence-corrected chi connectivity index (χ2v) is 6.84. The maximum atomic E-state index is 13.3. The van der Waals surface area contributed by atoms with Gasteiger partial charge in [-0.05, 0) is 12.5 Å². The van der Waals surface area contributed by atoms with Crippen molar-refractivity contribution in [3.8, 4) is 5.88 Å². The number of halogens is 2. The quantitative estimate of drug-likeness (QED) is 0.612.